The van der Waals surface area contributed by atoms with Crippen LogP contribution in [0.5, 0.6) is 11.5 Å². The van der Waals surface area contributed by atoms with E-state index < -0.39 is 6.10 Å². The lowest BCUT2D eigenvalue weighted by Gasteiger charge is -2.17. The minimum absolute atomic E-state index is 0.253. The van der Waals surface area contributed by atoms with Crippen molar-refractivity contribution in [3.63, 3.8) is 0 Å². The van der Waals surface area contributed by atoms with Gasteiger partial charge in [0.1, 0.15) is 0 Å². The number of benzene rings is 2. The van der Waals surface area contributed by atoms with Crippen LogP contribution in [0.15, 0.2) is 42.5 Å². The Hall–Kier alpha value is -2.20. The minimum atomic E-state index is -0.672. The van der Waals surface area contributed by atoms with Crippen molar-refractivity contribution in [1.29, 1.82) is 0 Å². The quantitative estimate of drug-likeness (QED) is 0.904. The summed E-state index contributed by atoms with van der Waals surface area (Å²) in [5.74, 6) is 0.854. The molecule has 0 bridgehead atoms. The molecule has 2 rings (SSSR count). The molecule has 0 aliphatic rings. The lowest BCUT2D eigenvalue weighted by molar-refractivity contribution is -0.122. The van der Waals surface area contributed by atoms with Gasteiger partial charge in [0.15, 0.2) is 17.6 Å². The fourth-order valence-electron chi connectivity index (χ4n) is 1.92. The van der Waals surface area contributed by atoms with Crippen molar-refractivity contribution in [3.05, 3.63) is 53.1 Å². The average Bonchev–Trinajstić information content (AvgIpc) is 2.51. The SMILES string of the molecule is COc1ccccc1OC(C)C(=O)Nc1cc(Cl)ccc1C. The van der Waals surface area contributed by atoms with Crippen molar-refractivity contribution in [3.8, 4) is 11.5 Å². The van der Waals surface area contributed by atoms with E-state index in [2.05, 4.69) is 5.32 Å². The number of carbonyl (C=O) groups is 1. The van der Waals surface area contributed by atoms with E-state index in [1.807, 2.05) is 25.1 Å². The Kier molecular flexibility index (Phi) is 5.28. The summed E-state index contributed by atoms with van der Waals surface area (Å²) in [5, 5.41) is 3.39. The smallest absolute Gasteiger partial charge is 0.265 e. The third kappa shape index (κ3) is 3.92. The monoisotopic (exact) mass is 319 g/mol. The normalized spacial score (nSPS) is 11.6. The highest BCUT2D eigenvalue weighted by Crippen LogP contribution is 2.27. The van der Waals surface area contributed by atoms with Crippen molar-refractivity contribution in [1.82, 2.24) is 0 Å². The Morgan fingerprint density at radius 2 is 1.86 bits per heavy atom. The first-order chi connectivity index (χ1) is 10.5. The zero-order chi connectivity index (χ0) is 16.1. The van der Waals surface area contributed by atoms with E-state index >= 15 is 0 Å². The first kappa shape index (κ1) is 16.2. The number of amides is 1. The van der Waals surface area contributed by atoms with Crippen LogP contribution in [0, 0.1) is 6.92 Å². The van der Waals surface area contributed by atoms with Gasteiger partial charge < -0.3 is 14.8 Å². The molecule has 1 atom stereocenters. The maximum absolute atomic E-state index is 12.3. The lowest BCUT2D eigenvalue weighted by Crippen LogP contribution is -2.30. The van der Waals surface area contributed by atoms with Gasteiger partial charge in [-0.1, -0.05) is 29.8 Å². The van der Waals surface area contributed by atoms with Gasteiger partial charge in [0.05, 0.1) is 7.11 Å². The molecule has 2 aromatic carbocycles. The molecule has 0 spiro atoms. The molecule has 0 heterocycles. The molecule has 116 valence electrons. The summed E-state index contributed by atoms with van der Waals surface area (Å²) in [6.45, 7) is 3.58. The minimum Gasteiger partial charge on any atom is -0.493 e. The highest BCUT2D eigenvalue weighted by molar-refractivity contribution is 6.31. The number of methoxy groups -OCH3 is 1. The van der Waals surface area contributed by atoms with Gasteiger partial charge in [0.25, 0.3) is 5.91 Å². The van der Waals surface area contributed by atoms with Crippen LogP contribution in [0.4, 0.5) is 5.69 Å². The standard InChI is InChI=1S/C17H18ClNO3/c1-11-8-9-13(18)10-14(11)19-17(20)12(2)22-16-7-5-4-6-15(16)21-3/h4-10,12H,1-3H3,(H,19,20). The molecular formula is C17H18ClNO3. The molecule has 0 aromatic heterocycles. The molecule has 1 amide bonds. The molecule has 2 aromatic rings. The summed E-state index contributed by atoms with van der Waals surface area (Å²) in [4.78, 5) is 12.3. The predicted octanol–water partition coefficient (Wildman–Crippen LogP) is 4.06. The number of rotatable bonds is 5. The molecule has 0 fully saturated rings. The first-order valence-corrected chi connectivity index (χ1v) is 7.25. The lowest BCUT2D eigenvalue weighted by atomic mass is 10.2. The molecule has 0 saturated heterocycles. The van der Waals surface area contributed by atoms with Crippen LogP contribution in [-0.2, 0) is 4.79 Å². The Labute approximate surface area is 135 Å². The summed E-state index contributed by atoms with van der Waals surface area (Å²) in [7, 11) is 1.56. The molecule has 1 unspecified atom stereocenters. The largest absolute Gasteiger partial charge is 0.493 e. The molecule has 0 saturated carbocycles. The number of hydrogen-bond donors (Lipinski definition) is 1. The van der Waals surface area contributed by atoms with Crippen LogP contribution in [0.25, 0.3) is 0 Å². The van der Waals surface area contributed by atoms with E-state index in [4.69, 9.17) is 21.1 Å². The zero-order valence-electron chi connectivity index (χ0n) is 12.7. The Balaban J connectivity index is 2.07. The average molecular weight is 320 g/mol. The van der Waals surface area contributed by atoms with Crippen LogP contribution >= 0.6 is 11.6 Å². The van der Waals surface area contributed by atoms with Gasteiger partial charge in [-0.25, -0.2) is 0 Å². The van der Waals surface area contributed by atoms with E-state index in [0.29, 0.717) is 22.2 Å². The van der Waals surface area contributed by atoms with Gasteiger partial charge in [-0.3, -0.25) is 4.79 Å². The van der Waals surface area contributed by atoms with Crippen LogP contribution in [-0.4, -0.2) is 19.1 Å². The summed E-state index contributed by atoms with van der Waals surface area (Å²) >= 11 is 5.95. The van der Waals surface area contributed by atoms with E-state index in [9.17, 15) is 4.79 Å². The van der Waals surface area contributed by atoms with Crippen molar-refractivity contribution >= 4 is 23.2 Å². The number of anilines is 1. The van der Waals surface area contributed by atoms with E-state index in [0.717, 1.165) is 5.56 Å². The molecule has 0 aliphatic carbocycles. The topological polar surface area (TPSA) is 47.6 Å². The van der Waals surface area contributed by atoms with Crippen LogP contribution in [0.2, 0.25) is 5.02 Å². The molecule has 0 radical (unpaired) electrons. The molecule has 1 N–H and O–H groups in total. The second-order valence-electron chi connectivity index (χ2n) is 4.86. The van der Waals surface area contributed by atoms with Gasteiger partial charge in [0.2, 0.25) is 0 Å². The number of aryl methyl sites for hydroxylation is 1. The fraction of sp³-hybridized carbons (Fsp3) is 0.235. The Morgan fingerprint density at radius 3 is 2.55 bits per heavy atom. The van der Waals surface area contributed by atoms with Crippen molar-refractivity contribution in [2.45, 2.75) is 20.0 Å². The first-order valence-electron chi connectivity index (χ1n) is 6.88. The van der Waals surface area contributed by atoms with Gasteiger partial charge in [-0.2, -0.15) is 0 Å². The maximum Gasteiger partial charge on any atom is 0.265 e. The van der Waals surface area contributed by atoms with Crippen molar-refractivity contribution < 1.29 is 14.3 Å². The summed E-state index contributed by atoms with van der Waals surface area (Å²) < 4.78 is 10.9. The molecule has 22 heavy (non-hydrogen) atoms. The third-order valence-corrected chi connectivity index (χ3v) is 3.43. The van der Waals surface area contributed by atoms with E-state index in [1.54, 1.807) is 38.3 Å². The second kappa shape index (κ2) is 7.18. The second-order valence-corrected chi connectivity index (χ2v) is 5.30. The van der Waals surface area contributed by atoms with Crippen LogP contribution in [0.3, 0.4) is 0 Å². The number of halogens is 1. The predicted molar refractivity (Wildman–Crippen MR) is 87.9 cm³/mol. The number of hydrogen-bond acceptors (Lipinski definition) is 3. The molecule has 5 heteroatoms. The maximum atomic E-state index is 12.3. The number of ether oxygens (including phenoxy) is 2. The number of nitrogens with one attached hydrogen (secondary N) is 1. The zero-order valence-corrected chi connectivity index (χ0v) is 13.5. The van der Waals surface area contributed by atoms with Crippen LogP contribution < -0.4 is 14.8 Å². The Morgan fingerprint density at radius 1 is 1.18 bits per heavy atom. The van der Waals surface area contributed by atoms with Gasteiger partial charge in [0, 0.05) is 10.7 Å². The fourth-order valence-corrected chi connectivity index (χ4v) is 2.10. The molecule has 4 nitrogen and oxygen atoms in total. The van der Waals surface area contributed by atoms with Gasteiger partial charge in [-0.15, -0.1) is 0 Å². The molecule has 0 aliphatic heterocycles. The van der Waals surface area contributed by atoms with Crippen molar-refractivity contribution in [2.75, 3.05) is 12.4 Å². The number of para-hydroxylation sites is 2. The van der Waals surface area contributed by atoms with E-state index in [-0.39, 0.29) is 5.91 Å². The highest BCUT2D eigenvalue weighted by Gasteiger charge is 2.17. The van der Waals surface area contributed by atoms with E-state index in [1.165, 1.54) is 0 Å². The third-order valence-electron chi connectivity index (χ3n) is 3.20. The van der Waals surface area contributed by atoms with Gasteiger partial charge in [-0.05, 0) is 43.7 Å². The van der Waals surface area contributed by atoms with Gasteiger partial charge >= 0.3 is 0 Å². The summed E-state index contributed by atoms with van der Waals surface area (Å²) in [6, 6.07) is 12.5. The Bertz CT molecular complexity index is 673. The number of carbonyl (C=O) groups excluding carboxylic acids is 1. The highest BCUT2D eigenvalue weighted by atomic mass is 35.5. The summed E-state index contributed by atoms with van der Waals surface area (Å²) in [5.41, 5.74) is 1.61. The molecular weight excluding hydrogens is 302 g/mol. The van der Waals surface area contributed by atoms with Crippen molar-refractivity contribution in [2.24, 2.45) is 0 Å². The van der Waals surface area contributed by atoms with Crippen LogP contribution in [0.1, 0.15) is 12.5 Å². The summed E-state index contributed by atoms with van der Waals surface area (Å²) in [6.07, 6.45) is -0.672.